The van der Waals surface area contributed by atoms with E-state index in [9.17, 15) is 4.79 Å². The van der Waals surface area contributed by atoms with E-state index in [1.54, 1.807) is 6.33 Å². The number of benzene rings is 1. The Morgan fingerprint density at radius 3 is 2.46 bits per heavy atom. The number of carbonyl (C=O) groups is 1. The molecular weight excluding hydrogens is 484 g/mol. The van der Waals surface area contributed by atoms with Gasteiger partial charge in [-0.15, -0.1) is 0 Å². The summed E-state index contributed by atoms with van der Waals surface area (Å²) >= 11 is 6.15. The van der Waals surface area contributed by atoms with Crippen molar-refractivity contribution in [2.75, 3.05) is 26.2 Å². The van der Waals surface area contributed by atoms with E-state index in [4.69, 9.17) is 17.3 Å². The molecule has 1 amide bonds. The molecule has 8 heteroatoms. The molecular formula is C29H43ClN6O. The molecule has 2 N–H and O–H groups in total. The lowest BCUT2D eigenvalue weighted by Gasteiger charge is -2.48. The zero-order chi connectivity index (χ0) is 25.7. The molecule has 3 heterocycles. The summed E-state index contributed by atoms with van der Waals surface area (Å²) in [4.78, 5) is 22.9. The van der Waals surface area contributed by atoms with Crippen LogP contribution in [0.5, 0.6) is 0 Å². The van der Waals surface area contributed by atoms with E-state index in [1.165, 1.54) is 32.1 Å². The number of nitrogens with zero attached hydrogens (tertiary/aromatic N) is 5. The Morgan fingerprint density at radius 2 is 1.76 bits per heavy atom. The van der Waals surface area contributed by atoms with Crippen molar-refractivity contribution in [2.24, 2.45) is 17.1 Å². The lowest BCUT2D eigenvalue weighted by molar-refractivity contribution is -0.140. The van der Waals surface area contributed by atoms with Crippen molar-refractivity contribution in [3.63, 3.8) is 0 Å². The monoisotopic (exact) mass is 526 g/mol. The van der Waals surface area contributed by atoms with Gasteiger partial charge in [-0.1, -0.05) is 43.0 Å². The lowest BCUT2D eigenvalue weighted by atomic mass is 9.63. The molecule has 5 rings (SSSR count). The number of nitrogens with two attached hydrogens (primary N) is 1. The highest BCUT2D eigenvalue weighted by Crippen LogP contribution is 2.47. The van der Waals surface area contributed by atoms with Crippen LogP contribution in [0.1, 0.15) is 69.8 Å². The molecule has 1 aromatic carbocycles. The first-order valence-corrected chi connectivity index (χ1v) is 14.8. The molecule has 1 aromatic heterocycles. The summed E-state index contributed by atoms with van der Waals surface area (Å²) in [5.41, 5.74) is 7.66. The maximum absolute atomic E-state index is 14.2. The van der Waals surface area contributed by atoms with Crippen LogP contribution < -0.4 is 5.73 Å². The maximum atomic E-state index is 14.2. The van der Waals surface area contributed by atoms with Crippen LogP contribution in [0.25, 0.3) is 0 Å². The zero-order valence-electron chi connectivity index (χ0n) is 22.1. The molecule has 0 radical (unpaired) electrons. The molecule has 3 aliphatic rings. The predicted molar refractivity (Wildman–Crippen MR) is 147 cm³/mol. The van der Waals surface area contributed by atoms with Crippen molar-refractivity contribution >= 4 is 17.5 Å². The summed E-state index contributed by atoms with van der Waals surface area (Å²) in [6.45, 7) is 4.39. The average molecular weight is 527 g/mol. The van der Waals surface area contributed by atoms with Gasteiger partial charge in [0.05, 0.1) is 6.04 Å². The number of likely N-dealkylation sites (tertiary alicyclic amines) is 2. The van der Waals surface area contributed by atoms with Crippen LogP contribution in [0, 0.1) is 11.3 Å². The predicted octanol–water partition coefficient (Wildman–Crippen LogP) is 4.55. The zero-order valence-corrected chi connectivity index (χ0v) is 22.9. The molecule has 2 aliphatic heterocycles. The Bertz CT molecular complexity index is 982. The molecule has 202 valence electrons. The Morgan fingerprint density at radius 1 is 1.00 bits per heavy atom. The van der Waals surface area contributed by atoms with E-state index in [1.807, 2.05) is 23.1 Å². The van der Waals surface area contributed by atoms with E-state index in [-0.39, 0.29) is 23.4 Å². The summed E-state index contributed by atoms with van der Waals surface area (Å²) in [7, 11) is 0. The molecule has 1 saturated carbocycles. The summed E-state index contributed by atoms with van der Waals surface area (Å²) in [6.07, 6.45) is 15.9. The van der Waals surface area contributed by atoms with E-state index < -0.39 is 0 Å². The summed E-state index contributed by atoms with van der Waals surface area (Å²) < 4.78 is 2.02. The Balaban J connectivity index is 1.32. The van der Waals surface area contributed by atoms with Gasteiger partial charge in [-0.2, -0.15) is 5.10 Å². The lowest BCUT2D eigenvalue weighted by Crippen LogP contribution is -2.55. The third-order valence-corrected chi connectivity index (χ3v) is 9.61. The van der Waals surface area contributed by atoms with Gasteiger partial charge in [-0.3, -0.25) is 14.4 Å². The van der Waals surface area contributed by atoms with E-state index >= 15 is 0 Å². The van der Waals surface area contributed by atoms with Gasteiger partial charge in [-0.25, -0.2) is 4.98 Å². The van der Waals surface area contributed by atoms with Crippen LogP contribution >= 0.6 is 11.6 Å². The summed E-state index contributed by atoms with van der Waals surface area (Å²) in [5, 5.41) is 5.19. The largest absolute Gasteiger partial charge is 0.341 e. The smallest absolute Gasteiger partial charge is 0.240 e. The second kappa shape index (κ2) is 12.3. The Hall–Kier alpha value is -1.96. The molecule has 2 atom stereocenters. The molecule has 1 aliphatic carbocycles. The normalized spacial score (nSPS) is 24.5. The second-order valence-corrected chi connectivity index (χ2v) is 12.1. The van der Waals surface area contributed by atoms with Gasteiger partial charge in [0, 0.05) is 37.2 Å². The molecule has 2 saturated heterocycles. The SMILES string of the molecule is NC1CCCN([C@H](Cc2ccc(Cl)cc2)C(=O)N2CCC(Cn3cncn3)(C3CCCCC3)CC2)CC1. The van der Waals surface area contributed by atoms with Crippen LogP contribution in [0.4, 0.5) is 0 Å². The van der Waals surface area contributed by atoms with Gasteiger partial charge in [0.15, 0.2) is 0 Å². The minimum Gasteiger partial charge on any atom is -0.341 e. The van der Waals surface area contributed by atoms with Gasteiger partial charge in [0.2, 0.25) is 5.91 Å². The van der Waals surface area contributed by atoms with Crippen molar-refractivity contribution < 1.29 is 4.79 Å². The van der Waals surface area contributed by atoms with E-state index in [2.05, 4.69) is 32.0 Å². The number of halogens is 1. The molecule has 2 aromatic rings. The highest BCUT2D eigenvalue weighted by molar-refractivity contribution is 6.30. The number of aromatic nitrogens is 3. The van der Waals surface area contributed by atoms with E-state index in [0.29, 0.717) is 12.3 Å². The number of hydrogen-bond acceptors (Lipinski definition) is 5. The van der Waals surface area contributed by atoms with E-state index in [0.717, 1.165) is 75.4 Å². The fraction of sp³-hybridized carbons (Fsp3) is 0.690. The van der Waals surface area contributed by atoms with Crippen LogP contribution in [-0.4, -0.2) is 68.7 Å². The Kier molecular flexibility index (Phi) is 8.83. The van der Waals surface area contributed by atoms with Gasteiger partial charge in [0.1, 0.15) is 12.7 Å². The van der Waals surface area contributed by atoms with Crippen LogP contribution in [0.15, 0.2) is 36.9 Å². The summed E-state index contributed by atoms with van der Waals surface area (Å²) in [6, 6.07) is 8.08. The van der Waals surface area contributed by atoms with Crippen molar-refractivity contribution in [2.45, 2.75) is 89.3 Å². The first-order valence-electron chi connectivity index (χ1n) is 14.4. The minimum atomic E-state index is -0.149. The third-order valence-electron chi connectivity index (χ3n) is 9.36. The first-order chi connectivity index (χ1) is 18.0. The quantitative estimate of drug-likeness (QED) is 0.572. The maximum Gasteiger partial charge on any atom is 0.240 e. The number of hydrogen-bond donors (Lipinski definition) is 1. The third kappa shape index (κ3) is 6.55. The van der Waals surface area contributed by atoms with Gasteiger partial charge >= 0.3 is 0 Å². The van der Waals surface area contributed by atoms with Crippen molar-refractivity contribution in [3.8, 4) is 0 Å². The second-order valence-electron chi connectivity index (χ2n) is 11.7. The average Bonchev–Trinajstić information content (AvgIpc) is 3.34. The highest BCUT2D eigenvalue weighted by Gasteiger charge is 2.44. The van der Waals surface area contributed by atoms with Gasteiger partial charge in [-0.05, 0) is 86.9 Å². The standard InChI is InChI=1S/C29H43ClN6O/c30-25-10-8-23(9-11-25)19-27(34-15-4-7-26(31)12-16-34)28(37)35-17-13-29(14-18-35,20-36-22-32-21-33-36)24-5-2-1-3-6-24/h8-11,21-22,24,26-27H,1-7,12-20,31H2/t26?,27-/m1/s1. The highest BCUT2D eigenvalue weighted by atomic mass is 35.5. The first kappa shape index (κ1) is 26.6. The molecule has 7 nitrogen and oxygen atoms in total. The van der Waals surface area contributed by atoms with Crippen molar-refractivity contribution in [1.29, 1.82) is 0 Å². The molecule has 1 unspecified atom stereocenters. The van der Waals surface area contributed by atoms with Crippen molar-refractivity contribution in [1.82, 2.24) is 24.6 Å². The molecule has 37 heavy (non-hydrogen) atoms. The number of rotatable bonds is 7. The van der Waals surface area contributed by atoms with Crippen molar-refractivity contribution in [3.05, 3.63) is 47.5 Å². The van der Waals surface area contributed by atoms with Crippen LogP contribution in [0.3, 0.4) is 0 Å². The number of carbonyl (C=O) groups excluding carboxylic acids is 1. The van der Waals surface area contributed by atoms with Gasteiger partial charge in [0.25, 0.3) is 0 Å². The Labute approximate surface area is 226 Å². The van der Waals surface area contributed by atoms with Crippen LogP contribution in [-0.2, 0) is 17.8 Å². The number of piperidine rings is 1. The summed E-state index contributed by atoms with van der Waals surface area (Å²) in [5.74, 6) is 0.989. The molecule has 0 bridgehead atoms. The fourth-order valence-corrected chi connectivity index (χ4v) is 7.23. The number of amides is 1. The van der Waals surface area contributed by atoms with Gasteiger partial charge < -0.3 is 10.6 Å². The molecule has 0 spiro atoms. The van der Waals surface area contributed by atoms with Crippen LogP contribution in [0.2, 0.25) is 5.02 Å². The molecule has 3 fully saturated rings. The topological polar surface area (TPSA) is 80.3 Å². The fourth-order valence-electron chi connectivity index (χ4n) is 7.10. The minimum absolute atomic E-state index is 0.149.